The summed E-state index contributed by atoms with van der Waals surface area (Å²) in [5, 5.41) is 2.89. The largest absolute Gasteiger partial charge is 0.397 e. The molecule has 0 bridgehead atoms. The molecule has 0 aliphatic carbocycles. The molecule has 3 heteroatoms. The SMILES string of the molecule is Cc1cc(C)c(C(=O)Nc2ccc(C)cc2N)c(C)c1. The van der Waals surface area contributed by atoms with Crippen molar-refractivity contribution in [2.45, 2.75) is 27.7 Å². The lowest BCUT2D eigenvalue weighted by Gasteiger charge is -2.13. The molecule has 0 aliphatic rings. The van der Waals surface area contributed by atoms with Gasteiger partial charge in [0.25, 0.3) is 5.91 Å². The molecule has 1 amide bonds. The number of carbonyl (C=O) groups is 1. The van der Waals surface area contributed by atoms with E-state index in [9.17, 15) is 4.79 Å². The van der Waals surface area contributed by atoms with Gasteiger partial charge in [0.05, 0.1) is 11.4 Å². The fraction of sp³-hybridized carbons (Fsp3) is 0.235. The van der Waals surface area contributed by atoms with Gasteiger partial charge in [0, 0.05) is 5.56 Å². The topological polar surface area (TPSA) is 55.1 Å². The molecule has 104 valence electrons. The minimum Gasteiger partial charge on any atom is -0.397 e. The molecule has 0 spiro atoms. The first kappa shape index (κ1) is 14.1. The number of aryl methyl sites for hydroxylation is 4. The van der Waals surface area contributed by atoms with Crippen LogP contribution >= 0.6 is 0 Å². The van der Waals surface area contributed by atoms with Crippen molar-refractivity contribution < 1.29 is 4.79 Å². The van der Waals surface area contributed by atoms with Crippen LogP contribution in [0.5, 0.6) is 0 Å². The number of rotatable bonds is 2. The molecule has 0 saturated carbocycles. The van der Waals surface area contributed by atoms with Crippen LogP contribution in [0, 0.1) is 27.7 Å². The van der Waals surface area contributed by atoms with Gasteiger partial charge in [0.2, 0.25) is 0 Å². The van der Waals surface area contributed by atoms with Crippen LogP contribution in [-0.4, -0.2) is 5.91 Å². The molecule has 2 aromatic carbocycles. The summed E-state index contributed by atoms with van der Waals surface area (Å²) in [6.45, 7) is 7.90. The molecule has 0 aromatic heterocycles. The van der Waals surface area contributed by atoms with Crippen molar-refractivity contribution in [3.63, 3.8) is 0 Å². The lowest BCUT2D eigenvalue weighted by Crippen LogP contribution is -2.16. The van der Waals surface area contributed by atoms with Gasteiger partial charge in [-0.25, -0.2) is 0 Å². The van der Waals surface area contributed by atoms with Crippen molar-refractivity contribution in [3.05, 3.63) is 58.1 Å². The van der Waals surface area contributed by atoms with Crippen LogP contribution < -0.4 is 11.1 Å². The lowest BCUT2D eigenvalue weighted by molar-refractivity contribution is 0.102. The van der Waals surface area contributed by atoms with Gasteiger partial charge in [-0.1, -0.05) is 23.8 Å². The molecule has 3 nitrogen and oxygen atoms in total. The van der Waals surface area contributed by atoms with Gasteiger partial charge in [0.15, 0.2) is 0 Å². The van der Waals surface area contributed by atoms with Crippen molar-refractivity contribution in [2.75, 3.05) is 11.1 Å². The first-order valence-electron chi connectivity index (χ1n) is 6.64. The van der Waals surface area contributed by atoms with E-state index in [4.69, 9.17) is 5.73 Å². The summed E-state index contributed by atoms with van der Waals surface area (Å²) in [7, 11) is 0. The quantitative estimate of drug-likeness (QED) is 0.815. The molecule has 3 N–H and O–H groups in total. The Bertz CT molecular complexity index is 652. The Morgan fingerprint density at radius 1 is 0.950 bits per heavy atom. The Labute approximate surface area is 119 Å². The Kier molecular flexibility index (Phi) is 3.79. The average Bonchev–Trinajstić information content (AvgIpc) is 2.31. The van der Waals surface area contributed by atoms with Gasteiger partial charge in [-0.2, -0.15) is 0 Å². The highest BCUT2D eigenvalue weighted by Gasteiger charge is 2.14. The van der Waals surface area contributed by atoms with Gasteiger partial charge < -0.3 is 11.1 Å². The normalized spacial score (nSPS) is 10.4. The van der Waals surface area contributed by atoms with E-state index in [2.05, 4.69) is 5.32 Å². The third kappa shape index (κ3) is 2.82. The van der Waals surface area contributed by atoms with Gasteiger partial charge in [-0.05, 0) is 56.5 Å². The fourth-order valence-electron chi connectivity index (χ4n) is 2.52. The minimum atomic E-state index is -0.115. The molecule has 2 aromatic rings. The highest BCUT2D eigenvalue weighted by molar-refractivity contribution is 6.07. The van der Waals surface area contributed by atoms with Crippen molar-refractivity contribution in [3.8, 4) is 0 Å². The van der Waals surface area contributed by atoms with Gasteiger partial charge in [-0.15, -0.1) is 0 Å². The molecule has 0 heterocycles. The second kappa shape index (κ2) is 5.37. The summed E-state index contributed by atoms with van der Waals surface area (Å²) in [6.07, 6.45) is 0. The summed E-state index contributed by atoms with van der Waals surface area (Å²) in [6, 6.07) is 9.65. The van der Waals surface area contributed by atoms with Crippen molar-refractivity contribution in [1.29, 1.82) is 0 Å². The average molecular weight is 268 g/mol. The minimum absolute atomic E-state index is 0.115. The van der Waals surface area contributed by atoms with Crippen LogP contribution in [-0.2, 0) is 0 Å². The Hall–Kier alpha value is -2.29. The zero-order chi connectivity index (χ0) is 14.9. The maximum absolute atomic E-state index is 12.4. The molecule has 0 fully saturated rings. The molecule has 2 rings (SSSR count). The summed E-state index contributed by atoms with van der Waals surface area (Å²) < 4.78 is 0. The summed E-state index contributed by atoms with van der Waals surface area (Å²) in [5.41, 5.74) is 12.1. The molecule has 0 saturated heterocycles. The van der Waals surface area contributed by atoms with E-state index >= 15 is 0 Å². The summed E-state index contributed by atoms with van der Waals surface area (Å²) in [5.74, 6) is -0.115. The number of hydrogen-bond acceptors (Lipinski definition) is 2. The molecular formula is C17H20N2O. The molecular weight excluding hydrogens is 248 g/mol. The number of nitrogens with two attached hydrogens (primary N) is 1. The third-order valence-corrected chi connectivity index (χ3v) is 3.36. The molecule has 0 radical (unpaired) electrons. The zero-order valence-corrected chi connectivity index (χ0v) is 12.4. The molecule has 20 heavy (non-hydrogen) atoms. The van der Waals surface area contributed by atoms with Gasteiger partial charge in [0.1, 0.15) is 0 Å². The molecule has 0 unspecified atom stereocenters. The summed E-state index contributed by atoms with van der Waals surface area (Å²) >= 11 is 0. The van der Waals surface area contributed by atoms with Crippen LogP contribution in [0.4, 0.5) is 11.4 Å². The number of anilines is 2. The fourth-order valence-corrected chi connectivity index (χ4v) is 2.52. The van der Waals surface area contributed by atoms with E-state index in [0.717, 1.165) is 27.8 Å². The van der Waals surface area contributed by atoms with Crippen LogP contribution in [0.15, 0.2) is 30.3 Å². The second-order valence-corrected chi connectivity index (χ2v) is 5.32. The lowest BCUT2D eigenvalue weighted by atomic mass is 9.99. The molecule has 0 aliphatic heterocycles. The van der Waals surface area contributed by atoms with Crippen molar-refractivity contribution in [2.24, 2.45) is 0 Å². The maximum atomic E-state index is 12.4. The smallest absolute Gasteiger partial charge is 0.256 e. The Morgan fingerprint density at radius 2 is 1.55 bits per heavy atom. The number of benzene rings is 2. The predicted octanol–water partition coefficient (Wildman–Crippen LogP) is 3.75. The summed E-state index contributed by atoms with van der Waals surface area (Å²) in [4.78, 5) is 12.4. The number of carbonyl (C=O) groups excluding carboxylic acids is 1. The Morgan fingerprint density at radius 3 is 2.10 bits per heavy atom. The highest BCUT2D eigenvalue weighted by Crippen LogP contribution is 2.22. The van der Waals surface area contributed by atoms with E-state index in [1.54, 1.807) is 0 Å². The highest BCUT2D eigenvalue weighted by atomic mass is 16.1. The number of nitrogen functional groups attached to an aromatic ring is 1. The first-order valence-corrected chi connectivity index (χ1v) is 6.64. The molecule has 0 atom stereocenters. The van der Waals surface area contributed by atoms with E-state index in [1.807, 2.05) is 58.0 Å². The number of nitrogens with one attached hydrogen (secondary N) is 1. The van der Waals surface area contributed by atoms with Gasteiger partial charge >= 0.3 is 0 Å². The maximum Gasteiger partial charge on any atom is 0.256 e. The van der Waals surface area contributed by atoms with E-state index in [-0.39, 0.29) is 5.91 Å². The zero-order valence-electron chi connectivity index (χ0n) is 12.4. The van der Waals surface area contributed by atoms with Crippen molar-refractivity contribution in [1.82, 2.24) is 0 Å². The number of amides is 1. The van der Waals surface area contributed by atoms with Crippen LogP contribution in [0.25, 0.3) is 0 Å². The van der Waals surface area contributed by atoms with Crippen molar-refractivity contribution >= 4 is 17.3 Å². The van der Waals surface area contributed by atoms with E-state index < -0.39 is 0 Å². The van der Waals surface area contributed by atoms with Crippen LogP contribution in [0.2, 0.25) is 0 Å². The monoisotopic (exact) mass is 268 g/mol. The van der Waals surface area contributed by atoms with E-state index in [0.29, 0.717) is 11.4 Å². The number of hydrogen-bond donors (Lipinski definition) is 2. The van der Waals surface area contributed by atoms with Crippen LogP contribution in [0.1, 0.15) is 32.6 Å². The van der Waals surface area contributed by atoms with E-state index in [1.165, 1.54) is 0 Å². The second-order valence-electron chi connectivity index (χ2n) is 5.32. The third-order valence-electron chi connectivity index (χ3n) is 3.36. The van der Waals surface area contributed by atoms with Crippen LogP contribution in [0.3, 0.4) is 0 Å². The first-order chi connectivity index (χ1) is 9.38. The van der Waals surface area contributed by atoms with Gasteiger partial charge in [-0.3, -0.25) is 4.79 Å². The Balaban J connectivity index is 2.33. The predicted molar refractivity (Wildman–Crippen MR) is 84.2 cm³/mol. The standard InChI is InChI=1S/C17H20N2O/c1-10-5-6-15(14(18)9-10)19-17(20)16-12(3)7-11(2)8-13(16)4/h5-9H,18H2,1-4H3,(H,19,20).